The smallest absolute Gasteiger partial charge is 0.176 e. The minimum atomic E-state index is -0.110. The summed E-state index contributed by atoms with van der Waals surface area (Å²) in [7, 11) is 0. The number of aromatic nitrogens is 1. The zero-order chi connectivity index (χ0) is 18.3. The molecule has 0 saturated carbocycles. The van der Waals surface area contributed by atoms with Gasteiger partial charge in [-0.05, 0) is 36.8 Å². The Hall–Kier alpha value is -1.92. The van der Waals surface area contributed by atoms with Gasteiger partial charge in [0.25, 0.3) is 0 Å². The van der Waals surface area contributed by atoms with Gasteiger partial charge in [0.2, 0.25) is 0 Å². The van der Waals surface area contributed by atoms with E-state index in [4.69, 9.17) is 21.3 Å². The predicted molar refractivity (Wildman–Crippen MR) is 105 cm³/mol. The number of fused-ring (bicyclic) bond motifs is 1. The Morgan fingerprint density at radius 1 is 1.38 bits per heavy atom. The van der Waals surface area contributed by atoms with E-state index in [0.29, 0.717) is 22.6 Å². The van der Waals surface area contributed by atoms with Crippen molar-refractivity contribution in [1.29, 1.82) is 0 Å². The Morgan fingerprint density at radius 3 is 2.96 bits per heavy atom. The van der Waals surface area contributed by atoms with E-state index in [1.54, 1.807) is 18.0 Å². The van der Waals surface area contributed by atoms with E-state index in [9.17, 15) is 5.11 Å². The number of halogens is 1. The van der Waals surface area contributed by atoms with Crippen molar-refractivity contribution in [3.63, 3.8) is 0 Å². The van der Waals surface area contributed by atoms with Gasteiger partial charge in [0.15, 0.2) is 16.7 Å². The lowest BCUT2D eigenvalue weighted by atomic mass is 9.96. The molecular weight excluding hydrogens is 370 g/mol. The van der Waals surface area contributed by atoms with E-state index in [2.05, 4.69) is 16.8 Å². The number of aliphatic imine (C=N–C) groups is 1. The summed E-state index contributed by atoms with van der Waals surface area (Å²) in [5.74, 6) is 0.387. The first-order valence-corrected chi connectivity index (χ1v) is 9.91. The lowest BCUT2D eigenvalue weighted by molar-refractivity contribution is 0.306. The normalized spacial score (nSPS) is 24.5. The van der Waals surface area contributed by atoms with E-state index in [1.165, 1.54) is 0 Å². The van der Waals surface area contributed by atoms with Gasteiger partial charge < -0.3 is 14.7 Å². The molecule has 0 bridgehead atoms. The number of nitrogens with zero attached hydrogens (tertiary/aromatic N) is 3. The summed E-state index contributed by atoms with van der Waals surface area (Å²) in [4.78, 5) is 11.8. The topological polar surface area (TPSA) is 58.0 Å². The molecule has 5 nitrogen and oxygen atoms in total. The molecule has 3 atom stereocenters. The third kappa shape index (κ3) is 3.01. The number of benzene rings is 1. The van der Waals surface area contributed by atoms with Crippen LogP contribution in [-0.4, -0.2) is 38.6 Å². The van der Waals surface area contributed by atoms with Gasteiger partial charge in [-0.15, -0.1) is 0 Å². The Bertz CT molecular complexity index is 846. The van der Waals surface area contributed by atoms with Gasteiger partial charge in [0.05, 0.1) is 23.4 Å². The standard InChI is InChI=1S/C19H20ClN3O2S/c1-3-25-15-9-12(8-13(20)18(15)24)17-16(14-6-4-5-7-21-14)22-19-23(17)10-11(2)26-19/h4-9,11,16-17,24H,3,10H2,1-2H3. The van der Waals surface area contributed by atoms with Gasteiger partial charge in [0, 0.05) is 18.0 Å². The van der Waals surface area contributed by atoms with Gasteiger partial charge in [-0.25, -0.2) is 0 Å². The first-order chi connectivity index (χ1) is 12.6. The number of pyridine rings is 1. The number of rotatable bonds is 4. The summed E-state index contributed by atoms with van der Waals surface area (Å²) < 4.78 is 5.58. The first-order valence-electron chi connectivity index (χ1n) is 8.65. The molecule has 2 aliphatic heterocycles. The summed E-state index contributed by atoms with van der Waals surface area (Å²) in [6.07, 6.45) is 1.79. The Labute approximate surface area is 162 Å². The van der Waals surface area contributed by atoms with Gasteiger partial charge in [0.1, 0.15) is 6.04 Å². The Kier molecular flexibility index (Phi) is 4.71. The van der Waals surface area contributed by atoms with Gasteiger partial charge >= 0.3 is 0 Å². The minimum absolute atomic E-state index is 0.0186. The zero-order valence-electron chi connectivity index (χ0n) is 14.6. The average Bonchev–Trinajstić information content (AvgIpc) is 3.15. The molecule has 1 aromatic carbocycles. The van der Waals surface area contributed by atoms with E-state index in [1.807, 2.05) is 37.3 Å². The van der Waals surface area contributed by atoms with Gasteiger partial charge in [-0.3, -0.25) is 9.98 Å². The third-order valence-corrected chi connectivity index (χ3v) is 5.96. The lowest BCUT2D eigenvalue weighted by Gasteiger charge is -2.28. The molecule has 1 aromatic heterocycles. The fourth-order valence-corrected chi connectivity index (χ4v) is 4.82. The minimum Gasteiger partial charge on any atom is -0.503 e. The number of aromatic hydroxyl groups is 1. The largest absolute Gasteiger partial charge is 0.503 e. The number of phenols is 1. The zero-order valence-corrected chi connectivity index (χ0v) is 16.2. The van der Waals surface area contributed by atoms with Crippen molar-refractivity contribution >= 4 is 28.5 Å². The SMILES string of the molecule is CCOc1cc(C2C(c3ccccn3)N=C3SC(C)CN32)cc(Cl)c1O. The molecule has 3 unspecified atom stereocenters. The van der Waals surface area contributed by atoms with Crippen LogP contribution in [0.15, 0.2) is 41.5 Å². The molecular formula is C19H20ClN3O2S. The van der Waals surface area contributed by atoms with Crippen molar-refractivity contribution < 1.29 is 9.84 Å². The number of hydrogen-bond acceptors (Lipinski definition) is 6. The van der Waals surface area contributed by atoms with Crippen molar-refractivity contribution in [3.8, 4) is 11.5 Å². The van der Waals surface area contributed by atoms with Gasteiger partial charge in [-0.1, -0.05) is 36.4 Å². The predicted octanol–water partition coefficient (Wildman–Crippen LogP) is 4.43. The molecule has 2 aliphatic rings. The van der Waals surface area contributed by atoms with Gasteiger partial charge in [-0.2, -0.15) is 0 Å². The van der Waals surface area contributed by atoms with E-state index in [0.717, 1.165) is 23.0 Å². The fraction of sp³-hybridized carbons (Fsp3) is 0.368. The highest BCUT2D eigenvalue weighted by atomic mass is 35.5. The van der Waals surface area contributed by atoms with Crippen LogP contribution in [0.2, 0.25) is 5.02 Å². The highest BCUT2D eigenvalue weighted by molar-refractivity contribution is 8.14. The molecule has 1 saturated heterocycles. The van der Waals surface area contributed by atoms with Crippen molar-refractivity contribution in [2.45, 2.75) is 31.2 Å². The molecule has 1 fully saturated rings. The third-order valence-electron chi connectivity index (χ3n) is 4.57. The number of phenolic OH excluding ortho intramolecular Hbond substituents is 1. The number of amidine groups is 1. The van der Waals surface area contributed by atoms with E-state index >= 15 is 0 Å². The number of thioether (sulfide) groups is 1. The van der Waals surface area contributed by atoms with Crippen LogP contribution in [0.1, 0.15) is 37.2 Å². The van der Waals surface area contributed by atoms with Crippen LogP contribution in [0.4, 0.5) is 0 Å². The monoisotopic (exact) mass is 389 g/mol. The molecule has 7 heteroatoms. The summed E-state index contributed by atoms with van der Waals surface area (Å²) in [5, 5.41) is 12.0. The fourth-order valence-electron chi connectivity index (χ4n) is 3.51. The molecule has 2 aromatic rings. The molecule has 3 heterocycles. The Morgan fingerprint density at radius 2 is 2.23 bits per heavy atom. The van der Waals surface area contributed by atoms with Crippen molar-refractivity contribution in [1.82, 2.24) is 9.88 Å². The lowest BCUT2D eigenvalue weighted by Crippen LogP contribution is -2.28. The second-order valence-corrected chi connectivity index (χ2v) is 8.23. The van der Waals surface area contributed by atoms with Crippen LogP contribution >= 0.6 is 23.4 Å². The molecule has 1 N–H and O–H groups in total. The van der Waals surface area contributed by atoms with Crippen LogP contribution in [0.5, 0.6) is 11.5 Å². The highest BCUT2D eigenvalue weighted by Crippen LogP contribution is 2.49. The average molecular weight is 390 g/mol. The van der Waals surface area contributed by atoms with E-state index in [-0.39, 0.29) is 17.8 Å². The van der Waals surface area contributed by atoms with E-state index < -0.39 is 0 Å². The second kappa shape index (κ2) is 7.00. The van der Waals surface area contributed by atoms with Crippen molar-refractivity contribution in [2.24, 2.45) is 4.99 Å². The molecule has 4 rings (SSSR count). The number of hydrogen-bond donors (Lipinski definition) is 1. The van der Waals surface area contributed by atoms with Crippen LogP contribution in [0, 0.1) is 0 Å². The summed E-state index contributed by atoms with van der Waals surface area (Å²) in [6.45, 7) is 5.46. The quantitative estimate of drug-likeness (QED) is 0.838. The molecule has 26 heavy (non-hydrogen) atoms. The van der Waals surface area contributed by atoms with Crippen molar-refractivity contribution in [3.05, 3.63) is 52.8 Å². The molecule has 0 radical (unpaired) electrons. The van der Waals surface area contributed by atoms with Crippen LogP contribution < -0.4 is 4.74 Å². The molecule has 0 aliphatic carbocycles. The van der Waals surface area contributed by atoms with Crippen LogP contribution in [0.25, 0.3) is 0 Å². The van der Waals surface area contributed by atoms with Crippen LogP contribution in [0.3, 0.4) is 0 Å². The maximum atomic E-state index is 10.2. The highest BCUT2D eigenvalue weighted by Gasteiger charge is 2.43. The Balaban J connectivity index is 1.80. The maximum Gasteiger partial charge on any atom is 0.176 e. The summed E-state index contributed by atoms with van der Waals surface area (Å²) in [5.41, 5.74) is 1.90. The number of ether oxygens (including phenoxy) is 1. The summed E-state index contributed by atoms with van der Waals surface area (Å²) in [6, 6.07) is 9.45. The van der Waals surface area contributed by atoms with Crippen LogP contribution in [-0.2, 0) is 0 Å². The van der Waals surface area contributed by atoms with Crippen molar-refractivity contribution in [2.75, 3.05) is 13.2 Å². The first kappa shape index (κ1) is 17.5. The second-order valence-electron chi connectivity index (χ2n) is 6.42. The molecule has 0 amide bonds. The molecule has 0 spiro atoms. The molecule has 136 valence electrons. The summed E-state index contributed by atoms with van der Waals surface area (Å²) >= 11 is 8.08. The maximum absolute atomic E-state index is 10.2.